The molecule has 3 heterocycles. The van der Waals surface area contributed by atoms with Gasteiger partial charge in [-0.1, -0.05) is 169 Å². The van der Waals surface area contributed by atoms with E-state index in [9.17, 15) is 0 Å². The van der Waals surface area contributed by atoms with Crippen molar-refractivity contribution in [1.82, 2.24) is 4.57 Å². The van der Waals surface area contributed by atoms with Gasteiger partial charge in [0.2, 0.25) is 0 Å². The molecular formula is C49H31NS2. The standard InChI is InChI=1S/C49H31NS2/c1-3-15-32(16-4-1)35-20-13-24-41-47(35)52-48-36(21-14-25-42(48)49(41)39-22-8-11-27-45(39)51-46-28-12-9-23-40(46)49)33-29-30-44-38(31-33)37-19-7-10-26-43(37)50(44)34-17-5-2-6-18-34/h1-31H. The van der Waals surface area contributed by atoms with Crippen molar-refractivity contribution in [2.45, 2.75) is 25.0 Å². The first-order chi connectivity index (χ1) is 25.8. The molecule has 0 saturated heterocycles. The molecule has 0 N–H and O–H groups in total. The van der Waals surface area contributed by atoms with Gasteiger partial charge in [0.25, 0.3) is 0 Å². The Labute approximate surface area is 311 Å². The Morgan fingerprint density at radius 2 is 0.904 bits per heavy atom. The Balaban J connectivity index is 1.23. The molecule has 2 aliphatic rings. The summed E-state index contributed by atoms with van der Waals surface area (Å²) >= 11 is 3.84. The number of hydrogen-bond donors (Lipinski definition) is 0. The Kier molecular flexibility index (Phi) is 6.70. The van der Waals surface area contributed by atoms with Crippen LogP contribution in [0.3, 0.4) is 0 Å². The third kappa shape index (κ3) is 4.21. The van der Waals surface area contributed by atoms with Crippen LogP contribution in [-0.2, 0) is 5.41 Å². The normalized spacial score (nSPS) is 13.8. The molecule has 244 valence electrons. The SMILES string of the molecule is c1ccc(-c2cccc3c2Sc2c(-c4ccc5c(c4)c4ccccc4n5-c4ccccc4)cccc2C32c3ccccc3Sc3ccccc32)cc1. The number of aromatic nitrogens is 1. The van der Waals surface area contributed by atoms with Gasteiger partial charge in [-0.15, -0.1) is 0 Å². The number of rotatable bonds is 3. The van der Waals surface area contributed by atoms with Gasteiger partial charge in [0.15, 0.2) is 0 Å². The van der Waals surface area contributed by atoms with E-state index in [0.717, 1.165) is 0 Å². The van der Waals surface area contributed by atoms with Gasteiger partial charge in [-0.2, -0.15) is 0 Å². The predicted octanol–water partition coefficient (Wildman–Crippen LogP) is 13.4. The lowest BCUT2D eigenvalue weighted by Gasteiger charge is -2.46. The minimum Gasteiger partial charge on any atom is -0.309 e. The molecule has 1 spiro atoms. The van der Waals surface area contributed by atoms with Crippen molar-refractivity contribution in [3.63, 3.8) is 0 Å². The zero-order valence-corrected chi connectivity index (χ0v) is 29.8. The molecule has 52 heavy (non-hydrogen) atoms. The molecule has 0 unspecified atom stereocenters. The smallest absolute Gasteiger partial charge is 0.0745 e. The fourth-order valence-electron chi connectivity index (χ4n) is 8.77. The van der Waals surface area contributed by atoms with Crippen LogP contribution in [0.2, 0.25) is 0 Å². The molecule has 8 aromatic carbocycles. The monoisotopic (exact) mass is 697 g/mol. The summed E-state index contributed by atoms with van der Waals surface area (Å²) in [4.78, 5) is 5.28. The van der Waals surface area contributed by atoms with Gasteiger partial charge in [-0.25, -0.2) is 0 Å². The molecule has 9 aromatic rings. The Morgan fingerprint density at radius 3 is 1.60 bits per heavy atom. The van der Waals surface area contributed by atoms with Crippen LogP contribution in [0.15, 0.2) is 208 Å². The van der Waals surface area contributed by atoms with Gasteiger partial charge in [0.1, 0.15) is 0 Å². The summed E-state index contributed by atoms with van der Waals surface area (Å²) in [5.74, 6) is 0. The van der Waals surface area contributed by atoms with E-state index < -0.39 is 5.41 Å². The predicted molar refractivity (Wildman–Crippen MR) is 218 cm³/mol. The summed E-state index contributed by atoms with van der Waals surface area (Å²) in [5.41, 5.74) is 13.5. The zero-order chi connectivity index (χ0) is 34.2. The number of hydrogen-bond acceptors (Lipinski definition) is 2. The maximum absolute atomic E-state index is 2.43. The van der Waals surface area contributed by atoms with Gasteiger partial charge >= 0.3 is 0 Å². The highest BCUT2D eigenvalue weighted by molar-refractivity contribution is 8.00. The summed E-state index contributed by atoms with van der Waals surface area (Å²) in [6.45, 7) is 0. The van der Waals surface area contributed by atoms with Crippen LogP contribution in [0.4, 0.5) is 0 Å². The Bertz CT molecular complexity index is 2810. The molecule has 11 rings (SSSR count). The van der Waals surface area contributed by atoms with Crippen LogP contribution in [-0.4, -0.2) is 4.57 Å². The third-order valence-corrected chi connectivity index (χ3v) is 13.4. The fourth-order valence-corrected chi connectivity index (χ4v) is 11.4. The molecular weight excluding hydrogens is 667 g/mol. The van der Waals surface area contributed by atoms with Gasteiger partial charge < -0.3 is 4.57 Å². The quantitative estimate of drug-likeness (QED) is 0.181. The van der Waals surface area contributed by atoms with Crippen molar-refractivity contribution < 1.29 is 0 Å². The van der Waals surface area contributed by atoms with Crippen molar-refractivity contribution in [1.29, 1.82) is 0 Å². The number of fused-ring (bicyclic) bond motifs is 11. The maximum Gasteiger partial charge on any atom is 0.0745 e. The van der Waals surface area contributed by atoms with Crippen LogP contribution >= 0.6 is 23.5 Å². The molecule has 2 aliphatic heterocycles. The molecule has 0 fully saturated rings. The van der Waals surface area contributed by atoms with Gasteiger partial charge in [-0.3, -0.25) is 0 Å². The van der Waals surface area contributed by atoms with Crippen molar-refractivity contribution in [3.8, 4) is 27.9 Å². The number of benzene rings is 8. The number of nitrogens with zero attached hydrogens (tertiary/aromatic N) is 1. The summed E-state index contributed by atoms with van der Waals surface area (Å²) in [7, 11) is 0. The van der Waals surface area contributed by atoms with E-state index in [0.29, 0.717) is 0 Å². The lowest BCUT2D eigenvalue weighted by molar-refractivity contribution is 0.668. The lowest BCUT2D eigenvalue weighted by Crippen LogP contribution is -2.37. The van der Waals surface area contributed by atoms with Crippen molar-refractivity contribution in [2.24, 2.45) is 0 Å². The van der Waals surface area contributed by atoms with Gasteiger partial charge in [0.05, 0.1) is 16.4 Å². The molecule has 0 amide bonds. The van der Waals surface area contributed by atoms with Crippen molar-refractivity contribution in [2.75, 3.05) is 0 Å². The van der Waals surface area contributed by atoms with E-state index >= 15 is 0 Å². The minimum absolute atomic E-state index is 0.484. The summed E-state index contributed by atoms with van der Waals surface area (Å²) in [6.07, 6.45) is 0. The second-order valence-corrected chi connectivity index (χ2v) is 15.7. The van der Waals surface area contributed by atoms with E-state index in [4.69, 9.17) is 0 Å². The Hall–Kier alpha value is -5.74. The van der Waals surface area contributed by atoms with Crippen LogP contribution in [0, 0.1) is 0 Å². The molecule has 3 heteroatoms. The lowest BCUT2D eigenvalue weighted by atomic mass is 9.64. The molecule has 1 aromatic heterocycles. The van der Waals surface area contributed by atoms with Crippen molar-refractivity contribution in [3.05, 3.63) is 210 Å². The van der Waals surface area contributed by atoms with E-state index in [2.05, 4.69) is 193 Å². The summed E-state index contributed by atoms with van der Waals surface area (Å²) in [6, 6.07) is 69.7. The first-order valence-electron chi connectivity index (χ1n) is 17.8. The van der Waals surface area contributed by atoms with Gasteiger partial charge in [0, 0.05) is 36.0 Å². The summed E-state index contributed by atoms with van der Waals surface area (Å²) in [5, 5.41) is 2.53. The zero-order valence-electron chi connectivity index (χ0n) is 28.2. The minimum atomic E-state index is -0.484. The molecule has 0 radical (unpaired) electrons. The number of para-hydroxylation sites is 2. The first-order valence-corrected chi connectivity index (χ1v) is 19.4. The Morgan fingerprint density at radius 1 is 0.365 bits per heavy atom. The topological polar surface area (TPSA) is 4.93 Å². The fraction of sp³-hybridized carbons (Fsp3) is 0.0204. The van der Waals surface area contributed by atoms with Gasteiger partial charge in [-0.05, 0) is 87.0 Å². The highest BCUT2D eigenvalue weighted by Gasteiger charge is 2.49. The van der Waals surface area contributed by atoms with E-state index in [1.165, 1.54) is 91.6 Å². The van der Waals surface area contributed by atoms with Crippen LogP contribution in [0.5, 0.6) is 0 Å². The highest BCUT2D eigenvalue weighted by Crippen LogP contribution is 2.63. The van der Waals surface area contributed by atoms with E-state index in [-0.39, 0.29) is 0 Å². The van der Waals surface area contributed by atoms with Crippen LogP contribution in [0.1, 0.15) is 22.3 Å². The summed E-state index contributed by atoms with van der Waals surface area (Å²) < 4.78 is 2.40. The van der Waals surface area contributed by atoms with Crippen LogP contribution in [0.25, 0.3) is 49.7 Å². The molecule has 0 aliphatic carbocycles. The average Bonchev–Trinajstić information content (AvgIpc) is 3.55. The second-order valence-electron chi connectivity index (χ2n) is 13.6. The highest BCUT2D eigenvalue weighted by atomic mass is 32.2. The second kappa shape index (κ2) is 11.6. The average molecular weight is 698 g/mol. The molecule has 0 atom stereocenters. The van der Waals surface area contributed by atoms with E-state index in [1.54, 1.807) is 0 Å². The van der Waals surface area contributed by atoms with Crippen molar-refractivity contribution >= 4 is 45.3 Å². The molecule has 0 bridgehead atoms. The van der Waals surface area contributed by atoms with Crippen LogP contribution < -0.4 is 0 Å². The molecule has 1 nitrogen and oxygen atoms in total. The van der Waals surface area contributed by atoms with E-state index in [1.807, 2.05) is 23.5 Å². The maximum atomic E-state index is 2.43. The first kappa shape index (κ1) is 29.9. The molecule has 0 saturated carbocycles. The largest absolute Gasteiger partial charge is 0.309 e. The third-order valence-electron chi connectivity index (χ3n) is 10.9.